The first-order valence-electron chi connectivity index (χ1n) is 6.80. The van der Waals surface area contributed by atoms with Gasteiger partial charge in [-0.05, 0) is 43.5 Å². The van der Waals surface area contributed by atoms with Gasteiger partial charge in [0.05, 0.1) is 26.1 Å². The second kappa shape index (κ2) is 8.90. The Morgan fingerprint density at radius 2 is 1.95 bits per heavy atom. The molecule has 4 nitrogen and oxygen atoms in total. The molecule has 0 radical (unpaired) electrons. The monoisotopic (exact) mass is 336 g/mol. The van der Waals surface area contributed by atoms with Crippen molar-refractivity contribution in [2.75, 3.05) is 19.7 Å². The summed E-state index contributed by atoms with van der Waals surface area (Å²) in [5.74, 6) is -2.83. The SMILES string of the molecule is Cc1cc(C)c(C)c(OCCC(=O)NCC(F)(F)CN)c1.Cl. The van der Waals surface area contributed by atoms with Gasteiger partial charge in [-0.1, -0.05) is 6.07 Å². The first-order valence-corrected chi connectivity index (χ1v) is 6.80. The normalized spacial score (nSPS) is 10.8. The molecule has 0 aromatic heterocycles. The lowest BCUT2D eigenvalue weighted by Gasteiger charge is -2.15. The Morgan fingerprint density at radius 3 is 2.55 bits per heavy atom. The van der Waals surface area contributed by atoms with Crippen molar-refractivity contribution in [3.05, 3.63) is 28.8 Å². The Hall–Kier alpha value is -1.40. The molecule has 3 N–H and O–H groups in total. The van der Waals surface area contributed by atoms with E-state index in [2.05, 4.69) is 5.32 Å². The third-order valence-corrected chi connectivity index (χ3v) is 3.19. The molecular weight excluding hydrogens is 314 g/mol. The number of ether oxygens (including phenoxy) is 1. The summed E-state index contributed by atoms with van der Waals surface area (Å²) >= 11 is 0. The summed E-state index contributed by atoms with van der Waals surface area (Å²) in [5, 5.41) is 2.15. The van der Waals surface area contributed by atoms with Gasteiger partial charge in [0.25, 0.3) is 5.92 Å². The Morgan fingerprint density at radius 1 is 1.32 bits per heavy atom. The van der Waals surface area contributed by atoms with Crippen molar-refractivity contribution in [2.24, 2.45) is 5.73 Å². The van der Waals surface area contributed by atoms with Crippen molar-refractivity contribution in [1.29, 1.82) is 0 Å². The molecule has 0 saturated heterocycles. The van der Waals surface area contributed by atoms with Gasteiger partial charge in [0.2, 0.25) is 5.91 Å². The number of aryl methyl sites for hydroxylation is 2. The second-order valence-corrected chi connectivity index (χ2v) is 5.14. The van der Waals surface area contributed by atoms with Crippen molar-refractivity contribution >= 4 is 18.3 Å². The molecule has 0 spiro atoms. The molecule has 0 unspecified atom stereocenters. The van der Waals surface area contributed by atoms with Crippen LogP contribution in [0.1, 0.15) is 23.1 Å². The topological polar surface area (TPSA) is 64.3 Å². The van der Waals surface area contributed by atoms with Crippen LogP contribution in [0, 0.1) is 20.8 Å². The van der Waals surface area contributed by atoms with Crippen molar-refractivity contribution in [2.45, 2.75) is 33.1 Å². The molecule has 22 heavy (non-hydrogen) atoms. The predicted octanol–water partition coefficient (Wildman–Crippen LogP) is 2.51. The first kappa shape index (κ1) is 20.6. The maximum absolute atomic E-state index is 12.9. The fraction of sp³-hybridized carbons (Fsp3) is 0.533. The van der Waals surface area contributed by atoms with E-state index in [1.54, 1.807) is 0 Å². The summed E-state index contributed by atoms with van der Waals surface area (Å²) in [7, 11) is 0. The lowest BCUT2D eigenvalue weighted by molar-refractivity contribution is -0.123. The molecular formula is C15H23ClF2N2O2. The zero-order valence-corrected chi connectivity index (χ0v) is 13.9. The minimum atomic E-state index is -3.07. The Balaban J connectivity index is 0.00000441. The summed E-state index contributed by atoms with van der Waals surface area (Å²) in [4.78, 5) is 11.4. The molecule has 0 aliphatic heterocycles. The van der Waals surface area contributed by atoms with E-state index in [4.69, 9.17) is 10.5 Å². The highest BCUT2D eigenvalue weighted by Gasteiger charge is 2.26. The van der Waals surface area contributed by atoms with Crippen LogP contribution in [-0.2, 0) is 4.79 Å². The van der Waals surface area contributed by atoms with E-state index in [9.17, 15) is 13.6 Å². The van der Waals surface area contributed by atoms with E-state index in [0.717, 1.165) is 16.7 Å². The molecule has 0 aliphatic carbocycles. The molecule has 1 amide bonds. The van der Waals surface area contributed by atoms with E-state index in [1.165, 1.54) is 0 Å². The Kier molecular flexibility index (Phi) is 8.34. The molecule has 7 heteroatoms. The minimum Gasteiger partial charge on any atom is -0.493 e. The maximum atomic E-state index is 12.9. The van der Waals surface area contributed by atoms with Gasteiger partial charge in [-0.2, -0.15) is 0 Å². The van der Waals surface area contributed by atoms with Crippen molar-refractivity contribution in [3.63, 3.8) is 0 Å². The zero-order valence-electron chi connectivity index (χ0n) is 13.0. The highest BCUT2D eigenvalue weighted by Crippen LogP contribution is 2.23. The molecule has 1 aromatic rings. The fourth-order valence-corrected chi connectivity index (χ4v) is 1.79. The Bertz CT molecular complexity index is 511. The van der Waals surface area contributed by atoms with Gasteiger partial charge in [0, 0.05) is 0 Å². The molecule has 0 bridgehead atoms. The molecule has 0 aliphatic rings. The van der Waals surface area contributed by atoms with Crippen LogP contribution in [0.3, 0.4) is 0 Å². The van der Waals surface area contributed by atoms with Gasteiger partial charge >= 0.3 is 0 Å². The molecule has 0 atom stereocenters. The summed E-state index contributed by atoms with van der Waals surface area (Å²) in [6.07, 6.45) is 0.0209. The number of carbonyl (C=O) groups is 1. The quantitative estimate of drug-likeness (QED) is 0.804. The second-order valence-electron chi connectivity index (χ2n) is 5.14. The van der Waals surface area contributed by atoms with Gasteiger partial charge < -0.3 is 15.8 Å². The van der Waals surface area contributed by atoms with Crippen LogP contribution in [0.5, 0.6) is 5.75 Å². The number of nitrogens with two attached hydrogens (primary N) is 1. The lowest BCUT2D eigenvalue weighted by atomic mass is 10.1. The highest BCUT2D eigenvalue weighted by molar-refractivity contribution is 5.85. The number of rotatable bonds is 7. The average Bonchev–Trinajstić information content (AvgIpc) is 2.42. The van der Waals surface area contributed by atoms with E-state index in [-0.39, 0.29) is 25.4 Å². The largest absolute Gasteiger partial charge is 0.493 e. The van der Waals surface area contributed by atoms with Crippen LogP contribution in [0.2, 0.25) is 0 Å². The summed E-state index contributed by atoms with van der Waals surface area (Å²) in [5.41, 5.74) is 8.08. The number of alkyl halides is 2. The van der Waals surface area contributed by atoms with Crippen LogP contribution in [0.15, 0.2) is 12.1 Å². The summed E-state index contributed by atoms with van der Waals surface area (Å²) in [6.45, 7) is 4.49. The predicted molar refractivity (Wildman–Crippen MR) is 85.0 cm³/mol. The van der Waals surface area contributed by atoms with Crippen LogP contribution in [-0.4, -0.2) is 31.5 Å². The van der Waals surface area contributed by atoms with Gasteiger partial charge in [0.15, 0.2) is 0 Å². The summed E-state index contributed by atoms with van der Waals surface area (Å²) < 4.78 is 31.3. The smallest absolute Gasteiger partial charge is 0.277 e. The third kappa shape index (κ3) is 6.58. The van der Waals surface area contributed by atoms with Crippen molar-refractivity contribution in [1.82, 2.24) is 5.32 Å². The standard InChI is InChI=1S/C15H22F2N2O2.ClH/c1-10-6-11(2)12(3)13(7-10)21-5-4-14(20)19-9-15(16,17)8-18;/h6-7H,4-5,8-9,18H2,1-3H3,(H,19,20);1H. The molecule has 1 rings (SSSR count). The molecule has 1 aromatic carbocycles. The van der Waals surface area contributed by atoms with E-state index in [0.29, 0.717) is 5.75 Å². The lowest BCUT2D eigenvalue weighted by Crippen LogP contribution is -2.41. The van der Waals surface area contributed by atoms with E-state index < -0.39 is 24.9 Å². The number of amides is 1. The number of carbonyl (C=O) groups excluding carboxylic acids is 1. The Labute approximate surface area is 135 Å². The van der Waals surface area contributed by atoms with Gasteiger partial charge in [-0.3, -0.25) is 4.79 Å². The fourth-order valence-electron chi connectivity index (χ4n) is 1.79. The van der Waals surface area contributed by atoms with Crippen LogP contribution < -0.4 is 15.8 Å². The number of halogens is 3. The third-order valence-electron chi connectivity index (χ3n) is 3.19. The van der Waals surface area contributed by atoms with Crippen LogP contribution >= 0.6 is 12.4 Å². The van der Waals surface area contributed by atoms with E-state index >= 15 is 0 Å². The van der Waals surface area contributed by atoms with Crippen LogP contribution in [0.4, 0.5) is 8.78 Å². The minimum absolute atomic E-state index is 0. The number of hydrogen-bond acceptors (Lipinski definition) is 3. The van der Waals surface area contributed by atoms with Crippen LogP contribution in [0.25, 0.3) is 0 Å². The number of hydrogen-bond donors (Lipinski definition) is 2. The van der Waals surface area contributed by atoms with Crippen molar-refractivity contribution in [3.8, 4) is 5.75 Å². The van der Waals surface area contributed by atoms with Gasteiger partial charge in [-0.25, -0.2) is 8.78 Å². The van der Waals surface area contributed by atoms with Gasteiger partial charge in [0.1, 0.15) is 5.75 Å². The highest BCUT2D eigenvalue weighted by atomic mass is 35.5. The molecule has 0 saturated carbocycles. The average molecular weight is 337 g/mol. The number of benzene rings is 1. The van der Waals surface area contributed by atoms with E-state index in [1.807, 2.05) is 32.9 Å². The van der Waals surface area contributed by atoms with Gasteiger partial charge in [-0.15, -0.1) is 12.4 Å². The molecule has 0 heterocycles. The zero-order chi connectivity index (χ0) is 16.0. The molecule has 0 fully saturated rings. The summed E-state index contributed by atoms with van der Waals surface area (Å²) in [6, 6.07) is 3.94. The number of nitrogens with one attached hydrogen (secondary N) is 1. The maximum Gasteiger partial charge on any atom is 0.277 e. The van der Waals surface area contributed by atoms with Crippen molar-refractivity contribution < 1.29 is 18.3 Å². The first-order chi connectivity index (χ1) is 9.75. The molecule has 126 valence electrons.